The number of sulfone groups is 2. The topological polar surface area (TPSA) is 337 Å². The second kappa shape index (κ2) is 33.0. The van der Waals surface area contributed by atoms with Gasteiger partial charge in [-0.05, 0) is 108 Å². The van der Waals surface area contributed by atoms with Crippen molar-refractivity contribution in [2.45, 2.75) is 105 Å². The van der Waals surface area contributed by atoms with Crippen LogP contribution in [0.15, 0.2) is 181 Å². The number of methoxy groups -OCH3 is 5. The van der Waals surface area contributed by atoms with Crippen LogP contribution < -0.4 is 27.6 Å². The number of halogens is 4. The van der Waals surface area contributed by atoms with E-state index in [0.717, 1.165) is 12.5 Å². The van der Waals surface area contributed by atoms with E-state index >= 15 is 0 Å². The van der Waals surface area contributed by atoms with Gasteiger partial charge in [0.15, 0.2) is 5.16 Å². The lowest BCUT2D eigenvalue weighted by Gasteiger charge is -2.14. The van der Waals surface area contributed by atoms with Crippen LogP contribution in [0.2, 0.25) is 0 Å². The lowest BCUT2D eigenvalue weighted by molar-refractivity contribution is 0.0993. The van der Waals surface area contributed by atoms with Crippen LogP contribution in [0.5, 0.6) is 0 Å². The highest BCUT2D eigenvalue weighted by molar-refractivity contribution is 7.98. The number of fused-ring (bicyclic) bond motifs is 4. The van der Waals surface area contributed by atoms with E-state index in [0.29, 0.717) is 160 Å². The lowest BCUT2D eigenvalue weighted by Crippen LogP contribution is -2.22. The van der Waals surface area contributed by atoms with Gasteiger partial charge in [-0.15, -0.1) is 0 Å². The fourth-order valence-electron chi connectivity index (χ4n) is 13.7. The lowest BCUT2D eigenvalue weighted by atomic mass is 10.0. The molecule has 16 rings (SSSR count). The molecule has 12 heterocycles. The Labute approximate surface area is 641 Å². The molecule has 0 bridgehead atoms. The molecule has 0 fully saturated rings. The van der Waals surface area contributed by atoms with E-state index in [1.807, 2.05) is 22.5 Å². The van der Waals surface area contributed by atoms with Crippen LogP contribution in [0.4, 0.5) is 23.5 Å². The zero-order chi connectivity index (χ0) is 79.6. The van der Waals surface area contributed by atoms with E-state index in [2.05, 4.69) is 45.2 Å². The van der Waals surface area contributed by atoms with Crippen LogP contribution in [0, 0.1) is 23.3 Å². The average molecular weight is 1590 g/mol. The van der Waals surface area contributed by atoms with Gasteiger partial charge in [0.05, 0.1) is 151 Å². The van der Waals surface area contributed by atoms with Gasteiger partial charge in [0.25, 0.3) is 22.2 Å². The largest absolute Gasteiger partial charge is 0.383 e. The zero-order valence-corrected chi connectivity index (χ0v) is 64.3. The highest BCUT2D eigenvalue weighted by Crippen LogP contribution is 2.38. The van der Waals surface area contributed by atoms with Gasteiger partial charge in [-0.2, -0.15) is 0 Å². The zero-order valence-electron chi connectivity index (χ0n) is 61.8. The third kappa shape index (κ3) is 16.2. The Balaban J connectivity index is 0.000000131. The Hall–Kier alpha value is -11.2. The van der Waals surface area contributed by atoms with E-state index in [9.17, 15) is 53.6 Å². The van der Waals surface area contributed by atoms with E-state index < -0.39 is 31.3 Å². The molecule has 112 heavy (non-hydrogen) atoms. The quantitative estimate of drug-likeness (QED) is 0.0459. The number of nitrogens with one attached hydrogen (secondary N) is 1. The fraction of sp³-hybridized carbons (Fsp3) is 0.307. The predicted octanol–water partition coefficient (Wildman–Crippen LogP) is 7.74. The van der Waals surface area contributed by atoms with Gasteiger partial charge in [0.1, 0.15) is 23.3 Å². The number of anilines is 1. The van der Waals surface area contributed by atoms with Crippen LogP contribution >= 0.6 is 11.8 Å². The smallest absolute Gasteiger partial charge is 0.275 e. The maximum atomic E-state index is 13.5. The number of ether oxygens (including phenoxy) is 5. The summed E-state index contributed by atoms with van der Waals surface area (Å²) in [6, 6.07) is 29.7. The second-order valence-electron chi connectivity index (χ2n) is 26.4. The Morgan fingerprint density at radius 1 is 0.402 bits per heavy atom. The number of aromatic nitrogens is 16. The Morgan fingerprint density at radius 2 is 0.670 bits per heavy atom. The average Bonchev–Trinajstić information content (AvgIpc) is 1.61. The van der Waals surface area contributed by atoms with E-state index in [-0.39, 0.29) is 74.6 Å². The molecule has 30 nitrogen and oxygen atoms in total. The van der Waals surface area contributed by atoms with Gasteiger partial charge in [0, 0.05) is 78.9 Å². The normalized spacial score (nSPS) is 16.3. The second-order valence-corrected chi connectivity index (χ2v) is 31.0. The van der Waals surface area contributed by atoms with Crippen molar-refractivity contribution in [2.24, 2.45) is 0 Å². The predicted molar refractivity (Wildman–Crippen MR) is 407 cm³/mol. The number of nitrogens with zero attached hydrogens (tertiary/aromatic N) is 16. The molecule has 37 heteroatoms. The molecule has 0 saturated carbocycles. The summed E-state index contributed by atoms with van der Waals surface area (Å²) in [6.45, 7) is 5.99. The summed E-state index contributed by atoms with van der Waals surface area (Å²) in [4.78, 5) is 86.3. The van der Waals surface area contributed by atoms with Crippen molar-refractivity contribution >= 4 is 37.4 Å². The minimum absolute atomic E-state index is 0.0159. The summed E-state index contributed by atoms with van der Waals surface area (Å²) < 4.78 is 142. The molecule has 0 amide bonds. The van der Waals surface area contributed by atoms with Crippen LogP contribution in [-0.4, -0.2) is 186 Å². The van der Waals surface area contributed by atoms with Crippen LogP contribution in [-0.2, 0) is 95.7 Å². The number of hydrogen-bond donors (Lipinski definition) is 1. The molecule has 1 N–H and O–H groups in total. The molecule has 12 aromatic rings. The molecule has 0 spiro atoms. The van der Waals surface area contributed by atoms with E-state index in [1.165, 1.54) is 106 Å². The molecule has 4 aliphatic rings. The van der Waals surface area contributed by atoms with Gasteiger partial charge in [0.2, 0.25) is 35.9 Å². The summed E-state index contributed by atoms with van der Waals surface area (Å²) in [5.41, 5.74) is 7.28. The molecule has 8 aromatic heterocycles. The monoisotopic (exact) mass is 1590 g/mol. The molecular weight excluding hydrogens is 1520 g/mol. The van der Waals surface area contributed by atoms with Crippen LogP contribution in [0.1, 0.15) is 6.92 Å². The first kappa shape index (κ1) is 78.9. The van der Waals surface area contributed by atoms with Crippen molar-refractivity contribution in [3.8, 4) is 90.1 Å². The molecule has 4 aliphatic heterocycles. The summed E-state index contributed by atoms with van der Waals surface area (Å²) in [5.74, 6) is -1.09. The van der Waals surface area contributed by atoms with Gasteiger partial charge in [-0.1, -0.05) is 60.3 Å². The number of hydrogen-bond acceptors (Lipinski definition) is 23. The fourth-order valence-corrected chi connectivity index (χ4v) is 15.1. The van der Waals surface area contributed by atoms with Crippen LogP contribution in [0.25, 0.3) is 90.1 Å². The number of rotatable bonds is 19. The van der Waals surface area contributed by atoms with Crippen molar-refractivity contribution in [3.63, 3.8) is 0 Å². The van der Waals surface area contributed by atoms with Gasteiger partial charge >= 0.3 is 0 Å². The summed E-state index contributed by atoms with van der Waals surface area (Å²) >= 11 is 1.44. The molecule has 0 radical (unpaired) electrons. The van der Waals surface area contributed by atoms with Crippen LogP contribution in [0.3, 0.4) is 0 Å². The third-order valence-corrected chi connectivity index (χ3v) is 21.3. The minimum Gasteiger partial charge on any atom is -0.383 e. The van der Waals surface area contributed by atoms with Gasteiger partial charge in [-0.25, -0.2) is 93.0 Å². The highest BCUT2D eigenvalue weighted by Gasteiger charge is 2.36. The maximum Gasteiger partial charge on any atom is 0.275 e. The first-order valence-electron chi connectivity index (χ1n) is 34.7. The standard InChI is InChI=1S/C21H24FN5O3.2C18H17FN4O4S.C18H17FN4O2S/c1-13(12-29-2)24-21-23-9-8-17(25-21)19-18(14-4-6-15(22)7-5-14)20(28)27-11-16(30-3)10-26(19)27;2*1-27-13-9-22-16(14-7-8-20-18(21-14)28(2,25)26)15(17(24)23(22)10-13)11-3-5-12(19)6-4-11;1-25-13-9-22-16(14-7-8-20-18(21-14)26-2)15(17(24)23(22)10-13)11-3-5-12(19)6-4-11/h4-9,13,16H,10-12H2,1-3H3,(H,23,24,25);2*3-8,13H,9-10H2,1-2H3;3-8,13H,9-10H2,1-2H3/t13-,16?;;;/m0.../s1. The Bertz CT molecular complexity index is 5800. The molecule has 5 atom stereocenters. The molecule has 0 aliphatic carbocycles. The first-order valence-corrected chi connectivity index (χ1v) is 39.8. The molecular formula is C75H75F4N17O13S3. The van der Waals surface area contributed by atoms with Gasteiger partial charge in [-0.3, -0.25) is 37.9 Å². The van der Waals surface area contributed by atoms with Crippen molar-refractivity contribution < 1.29 is 58.1 Å². The third-order valence-electron chi connectivity index (χ3n) is 19.0. The highest BCUT2D eigenvalue weighted by atomic mass is 32.2. The maximum absolute atomic E-state index is 13.5. The number of thioether (sulfide) groups is 1. The minimum atomic E-state index is -3.63. The van der Waals surface area contributed by atoms with E-state index in [1.54, 1.807) is 115 Å². The Kier molecular flexibility index (Phi) is 23.3. The SMILES string of the molecule is COC1Cn2c(-c3ccnc(S(C)(=O)=O)n3)c(-c3ccc(F)cc3)c(=O)n2C1.COC1Cn2c(-c3ccnc(S(C)(=O)=O)n3)c(-c3ccc(F)cc3)c(=O)n2C1.COC1Cn2c(-c3ccnc(SC)n3)c(-c3ccc(F)cc3)c(=O)n2C1.COC[C@H](C)Nc1nccc(-c2c(-c3ccc(F)cc3)c(=O)n3n2CC(OC)C3)n1. The Morgan fingerprint density at radius 3 is 0.946 bits per heavy atom. The number of benzene rings is 4. The molecule has 4 aromatic carbocycles. The first-order chi connectivity index (χ1) is 53.7. The van der Waals surface area contributed by atoms with Crippen molar-refractivity contribution in [3.05, 3.63) is 211 Å². The molecule has 0 saturated heterocycles. The van der Waals surface area contributed by atoms with Gasteiger partial charge < -0.3 is 29.0 Å². The summed E-state index contributed by atoms with van der Waals surface area (Å²) in [6.07, 6.45) is 9.40. The van der Waals surface area contributed by atoms with Crippen molar-refractivity contribution in [2.75, 3.05) is 66.2 Å². The van der Waals surface area contributed by atoms with Crippen molar-refractivity contribution in [1.82, 2.24) is 77.3 Å². The summed E-state index contributed by atoms with van der Waals surface area (Å²) in [7, 11) is 0.772. The molecule has 4 unspecified atom stereocenters. The molecule has 584 valence electrons. The van der Waals surface area contributed by atoms with Crippen molar-refractivity contribution in [1.29, 1.82) is 0 Å². The summed E-state index contributed by atoms with van der Waals surface area (Å²) in [5, 5.41) is 3.17. The van der Waals surface area contributed by atoms with E-state index in [4.69, 9.17) is 23.7 Å².